The molecule has 0 saturated carbocycles. The Labute approximate surface area is 188 Å². The monoisotopic (exact) mass is 432 g/mol. The molecule has 3 rings (SSSR count). The first kappa shape index (κ1) is 22.9. The number of carbonyl (C=O) groups is 2. The van der Waals surface area contributed by atoms with Gasteiger partial charge in [-0.2, -0.15) is 0 Å². The number of carbonyl (C=O) groups excluding carboxylic acids is 2. The largest absolute Gasteiger partial charge is 0.481 e. The summed E-state index contributed by atoms with van der Waals surface area (Å²) in [4.78, 5) is 25.4. The summed E-state index contributed by atoms with van der Waals surface area (Å²) in [5.41, 5.74) is 2.85. The van der Waals surface area contributed by atoms with Gasteiger partial charge in [-0.3, -0.25) is 9.59 Å². The van der Waals surface area contributed by atoms with Gasteiger partial charge < -0.3 is 20.1 Å². The lowest BCUT2D eigenvalue weighted by Crippen LogP contribution is -2.32. The van der Waals surface area contributed by atoms with Crippen LogP contribution in [0.3, 0.4) is 0 Å². The fourth-order valence-corrected chi connectivity index (χ4v) is 3.04. The number of benzene rings is 3. The summed E-state index contributed by atoms with van der Waals surface area (Å²) in [5.74, 6) is 0.663. The van der Waals surface area contributed by atoms with Gasteiger partial charge >= 0.3 is 0 Å². The third kappa shape index (κ3) is 5.88. The third-order valence-corrected chi connectivity index (χ3v) is 4.98. The molecule has 0 aliphatic rings. The van der Waals surface area contributed by atoms with Gasteiger partial charge in [-0.15, -0.1) is 0 Å². The Hall–Kier alpha value is -3.80. The van der Waals surface area contributed by atoms with Crippen molar-refractivity contribution >= 4 is 23.2 Å². The average molecular weight is 433 g/mol. The molecule has 0 unspecified atom stereocenters. The molecule has 0 heterocycles. The number of ether oxygens (including phenoxy) is 2. The zero-order valence-electron chi connectivity index (χ0n) is 18.7. The van der Waals surface area contributed by atoms with Crippen LogP contribution in [0.15, 0.2) is 72.8 Å². The van der Waals surface area contributed by atoms with Gasteiger partial charge in [-0.25, -0.2) is 0 Å². The van der Waals surface area contributed by atoms with Crippen LogP contribution in [0.4, 0.5) is 11.4 Å². The van der Waals surface area contributed by atoms with Crippen LogP contribution in [0.25, 0.3) is 0 Å². The van der Waals surface area contributed by atoms with Gasteiger partial charge in [0.05, 0.1) is 11.4 Å². The van der Waals surface area contributed by atoms with Crippen molar-refractivity contribution in [3.8, 4) is 11.5 Å². The fraction of sp³-hybridized carbons (Fsp3) is 0.231. The minimum Gasteiger partial charge on any atom is -0.481 e. The fourth-order valence-electron chi connectivity index (χ4n) is 3.04. The highest BCUT2D eigenvalue weighted by atomic mass is 16.5. The molecule has 6 nitrogen and oxygen atoms in total. The molecule has 0 fully saturated rings. The quantitative estimate of drug-likeness (QED) is 0.518. The van der Waals surface area contributed by atoms with Crippen molar-refractivity contribution in [1.29, 1.82) is 0 Å². The molecular weight excluding hydrogens is 404 g/mol. The van der Waals surface area contributed by atoms with E-state index >= 15 is 0 Å². The maximum atomic E-state index is 12.7. The summed E-state index contributed by atoms with van der Waals surface area (Å²) in [6.07, 6.45) is -1.44. The van der Waals surface area contributed by atoms with Crippen molar-refractivity contribution in [2.45, 2.75) is 39.9 Å². The second kappa shape index (κ2) is 10.5. The molecule has 0 saturated heterocycles. The van der Waals surface area contributed by atoms with Gasteiger partial charge in [0, 0.05) is 0 Å². The van der Waals surface area contributed by atoms with E-state index in [2.05, 4.69) is 10.6 Å². The van der Waals surface area contributed by atoms with Crippen LogP contribution in [0.1, 0.15) is 25.0 Å². The molecule has 0 aromatic heterocycles. The van der Waals surface area contributed by atoms with Crippen LogP contribution in [0.5, 0.6) is 11.5 Å². The average Bonchev–Trinajstić information content (AvgIpc) is 2.78. The Morgan fingerprint density at radius 3 is 1.34 bits per heavy atom. The first-order valence-corrected chi connectivity index (χ1v) is 10.5. The second-order valence-electron chi connectivity index (χ2n) is 7.58. The van der Waals surface area contributed by atoms with Crippen LogP contribution in [-0.2, 0) is 9.59 Å². The first-order valence-electron chi connectivity index (χ1n) is 10.5. The summed E-state index contributed by atoms with van der Waals surface area (Å²) >= 11 is 0. The van der Waals surface area contributed by atoms with Crippen molar-refractivity contribution < 1.29 is 19.1 Å². The Kier molecular flexibility index (Phi) is 7.49. The highest BCUT2D eigenvalue weighted by Gasteiger charge is 2.20. The van der Waals surface area contributed by atoms with Gasteiger partial charge in [0.2, 0.25) is 0 Å². The number of aryl methyl sites for hydroxylation is 2. The molecule has 2 N–H and O–H groups in total. The van der Waals surface area contributed by atoms with Gasteiger partial charge in [0.1, 0.15) is 11.5 Å². The van der Waals surface area contributed by atoms with E-state index < -0.39 is 12.2 Å². The number of nitrogens with one attached hydrogen (secondary N) is 2. The maximum Gasteiger partial charge on any atom is 0.265 e. The van der Waals surface area contributed by atoms with Crippen LogP contribution in [0, 0.1) is 13.8 Å². The molecule has 0 aliphatic carbocycles. The van der Waals surface area contributed by atoms with E-state index in [9.17, 15) is 9.59 Å². The zero-order valence-corrected chi connectivity index (χ0v) is 18.7. The summed E-state index contributed by atoms with van der Waals surface area (Å²) in [5, 5.41) is 5.67. The molecule has 3 aromatic rings. The van der Waals surface area contributed by atoms with Gasteiger partial charge in [0.25, 0.3) is 11.8 Å². The predicted molar refractivity (Wildman–Crippen MR) is 126 cm³/mol. The molecule has 0 radical (unpaired) electrons. The van der Waals surface area contributed by atoms with Crippen LogP contribution >= 0.6 is 0 Å². The van der Waals surface area contributed by atoms with E-state index in [1.54, 1.807) is 38.1 Å². The summed E-state index contributed by atoms with van der Waals surface area (Å²) < 4.78 is 11.6. The van der Waals surface area contributed by atoms with Crippen molar-refractivity contribution in [2.24, 2.45) is 0 Å². The SMILES string of the molecule is Cc1ccccc1O[C@H](C)C(=O)Nc1ccccc1NC(=O)[C@@H](C)Oc1ccccc1C. The summed E-state index contributed by atoms with van der Waals surface area (Å²) in [6.45, 7) is 7.21. The number of para-hydroxylation sites is 4. The topological polar surface area (TPSA) is 76.7 Å². The molecule has 2 atom stereocenters. The lowest BCUT2D eigenvalue weighted by molar-refractivity contribution is -0.122. The van der Waals surface area contributed by atoms with E-state index in [-0.39, 0.29) is 11.8 Å². The Bertz CT molecular complexity index is 1010. The standard InChI is InChI=1S/C26H28N2O4/c1-17-11-5-9-15-23(17)31-19(3)25(29)27-21-13-7-8-14-22(21)28-26(30)20(4)32-24-16-10-6-12-18(24)2/h5-16,19-20H,1-4H3,(H,27,29)(H,28,30)/t19-,20-/m1/s1. The van der Waals surface area contributed by atoms with Gasteiger partial charge in [0.15, 0.2) is 12.2 Å². The normalized spacial score (nSPS) is 12.4. The Balaban J connectivity index is 1.65. The third-order valence-electron chi connectivity index (χ3n) is 4.98. The highest BCUT2D eigenvalue weighted by Crippen LogP contribution is 2.24. The lowest BCUT2D eigenvalue weighted by Gasteiger charge is -2.19. The van der Waals surface area contributed by atoms with E-state index in [4.69, 9.17) is 9.47 Å². The van der Waals surface area contributed by atoms with Gasteiger partial charge in [-0.1, -0.05) is 48.5 Å². The molecular formula is C26H28N2O4. The summed E-state index contributed by atoms with van der Waals surface area (Å²) in [7, 11) is 0. The zero-order chi connectivity index (χ0) is 23.1. The number of amides is 2. The molecule has 32 heavy (non-hydrogen) atoms. The Morgan fingerprint density at radius 2 is 0.969 bits per heavy atom. The minimum absolute atomic E-state index is 0.320. The Morgan fingerprint density at radius 1 is 0.625 bits per heavy atom. The number of rotatable bonds is 8. The van der Waals surface area contributed by atoms with Crippen molar-refractivity contribution in [2.75, 3.05) is 10.6 Å². The number of anilines is 2. The van der Waals surface area contributed by atoms with Crippen molar-refractivity contribution in [3.63, 3.8) is 0 Å². The number of hydrogen-bond acceptors (Lipinski definition) is 4. The van der Waals surface area contributed by atoms with Crippen LogP contribution in [0.2, 0.25) is 0 Å². The maximum absolute atomic E-state index is 12.7. The van der Waals surface area contributed by atoms with Crippen LogP contribution < -0.4 is 20.1 Å². The molecule has 3 aromatic carbocycles. The van der Waals surface area contributed by atoms with E-state index in [1.807, 2.05) is 62.4 Å². The van der Waals surface area contributed by atoms with Crippen molar-refractivity contribution in [3.05, 3.63) is 83.9 Å². The smallest absolute Gasteiger partial charge is 0.265 e. The molecule has 6 heteroatoms. The molecule has 0 bridgehead atoms. The number of hydrogen-bond donors (Lipinski definition) is 2. The van der Waals surface area contributed by atoms with E-state index in [0.29, 0.717) is 22.9 Å². The lowest BCUT2D eigenvalue weighted by atomic mass is 10.2. The molecule has 0 spiro atoms. The first-order chi connectivity index (χ1) is 15.3. The highest BCUT2D eigenvalue weighted by molar-refractivity contribution is 6.02. The molecule has 2 amide bonds. The minimum atomic E-state index is -0.719. The van der Waals surface area contributed by atoms with Gasteiger partial charge in [-0.05, 0) is 63.1 Å². The molecule has 0 aliphatic heterocycles. The van der Waals surface area contributed by atoms with E-state index in [0.717, 1.165) is 11.1 Å². The second-order valence-corrected chi connectivity index (χ2v) is 7.58. The molecule has 166 valence electrons. The summed E-state index contributed by atoms with van der Waals surface area (Å²) in [6, 6.07) is 22.0. The predicted octanol–water partition coefficient (Wildman–Crippen LogP) is 5.12. The van der Waals surface area contributed by atoms with Crippen LogP contribution in [-0.4, -0.2) is 24.0 Å². The van der Waals surface area contributed by atoms with Crippen molar-refractivity contribution in [1.82, 2.24) is 0 Å². The van der Waals surface area contributed by atoms with E-state index in [1.165, 1.54) is 0 Å².